The normalized spacial score (nSPS) is 10.9. The molecule has 5 nitrogen and oxygen atoms in total. The largest absolute Gasteiger partial charge is 0.497 e. The van der Waals surface area contributed by atoms with Crippen molar-refractivity contribution in [2.75, 3.05) is 14.2 Å². The molecule has 1 amide bonds. The molecule has 138 valence electrons. The fourth-order valence-electron chi connectivity index (χ4n) is 2.78. The minimum Gasteiger partial charge on any atom is -0.497 e. The smallest absolute Gasteiger partial charge is 0.244 e. The number of ether oxygens (including phenoxy) is 2. The van der Waals surface area contributed by atoms with Crippen molar-refractivity contribution >= 4 is 34.5 Å². The maximum Gasteiger partial charge on any atom is 0.244 e. The maximum absolute atomic E-state index is 12.2. The van der Waals surface area contributed by atoms with Gasteiger partial charge in [-0.2, -0.15) is 5.10 Å². The average Bonchev–Trinajstić information content (AvgIpc) is 2.69. The molecule has 1 N–H and O–H groups in total. The number of hydrazone groups is 1. The lowest BCUT2D eigenvalue weighted by molar-refractivity contribution is -0.120. The summed E-state index contributed by atoms with van der Waals surface area (Å²) in [5, 5.41) is 6.65. The Morgan fingerprint density at radius 2 is 1.93 bits per heavy atom. The Hall–Kier alpha value is -3.05. The predicted octanol–water partition coefficient (Wildman–Crippen LogP) is 4.20. The fourth-order valence-corrected chi connectivity index (χ4v) is 2.97. The third kappa shape index (κ3) is 4.38. The first-order valence-electron chi connectivity index (χ1n) is 8.32. The molecule has 0 bridgehead atoms. The maximum atomic E-state index is 12.2. The molecule has 27 heavy (non-hydrogen) atoms. The summed E-state index contributed by atoms with van der Waals surface area (Å²) in [4.78, 5) is 12.2. The van der Waals surface area contributed by atoms with E-state index in [1.807, 2.05) is 36.4 Å². The topological polar surface area (TPSA) is 59.9 Å². The van der Waals surface area contributed by atoms with E-state index in [0.29, 0.717) is 22.1 Å². The summed E-state index contributed by atoms with van der Waals surface area (Å²) in [6.07, 6.45) is 1.69. The van der Waals surface area contributed by atoms with E-state index in [2.05, 4.69) is 10.5 Å². The second-order valence-corrected chi connectivity index (χ2v) is 6.24. The molecule has 3 rings (SSSR count). The van der Waals surface area contributed by atoms with Crippen LogP contribution in [-0.4, -0.2) is 26.3 Å². The highest BCUT2D eigenvalue weighted by Crippen LogP contribution is 2.26. The van der Waals surface area contributed by atoms with Crippen molar-refractivity contribution < 1.29 is 14.3 Å². The van der Waals surface area contributed by atoms with Gasteiger partial charge in [0.25, 0.3) is 0 Å². The van der Waals surface area contributed by atoms with E-state index in [9.17, 15) is 4.79 Å². The van der Waals surface area contributed by atoms with Crippen molar-refractivity contribution in [3.8, 4) is 11.5 Å². The first-order chi connectivity index (χ1) is 13.1. The van der Waals surface area contributed by atoms with E-state index >= 15 is 0 Å². The van der Waals surface area contributed by atoms with Crippen LogP contribution in [0.25, 0.3) is 10.8 Å². The molecule has 0 fully saturated rings. The SMILES string of the molecule is COc1ccc(Cl)c(CC(=O)N/N=C/c2c(OC)ccc3ccccc23)c1. The molecule has 0 heterocycles. The Labute approximate surface area is 162 Å². The Balaban J connectivity index is 1.76. The van der Waals surface area contributed by atoms with Crippen molar-refractivity contribution in [2.45, 2.75) is 6.42 Å². The van der Waals surface area contributed by atoms with Gasteiger partial charge in [0.1, 0.15) is 11.5 Å². The molecule has 0 aromatic heterocycles. The van der Waals surface area contributed by atoms with Crippen LogP contribution in [0.4, 0.5) is 0 Å². The summed E-state index contributed by atoms with van der Waals surface area (Å²) < 4.78 is 10.6. The lowest BCUT2D eigenvalue weighted by Gasteiger charge is -2.08. The number of halogens is 1. The number of hydrogen-bond donors (Lipinski definition) is 1. The molecule has 0 saturated carbocycles. The number of carbonyl (C=O) groups excluding carboxylic acids is 1. The van der Waals surface area contributed by atoms with Crippen molar-refractivity contribution in [3.63, 3.8) is 0 Å². The second-order valence-electron chi connectivity index (χ2n) is 5.83. The first kappa shape index (κ1) is 18.7. The van der Waals surface area contributed by atoms with Crippen LogP contribution < -0.4 is 14.9 Å². The van der Waals surface area contributed by atoms with E-state index in [4.69, 9.17) is 21.1 Å². The van der Waals surface area contributed by atoms with Gasteiger partial charge in [-0.15, -0.1) is 0 Å². The van der Waals surface area contributed by atoms with Gasteiger partial charge >= 0.3 is 0 Å². The van der Waals surface area contributed by atoms with Gasteiger partial charge in [0.2, 0.25) is 5.91 Å². The lowest BCUT2D eigenvalue weighted by atomic mass is 10.0. The number of fused-ring (bicyclic) bond motifs is 1. The van der Waals surface area contributed by atoms with Crippen molar-refractivity contribution in [3.05, 3.63) is 70.7 Å². The minimum atomic E-state index is -0.277. The van der Waals surface area contributed by atoms with Gasteiger partial charge in [-0.25, -0.2) is 5.43 Å². The zero-order valence-electron chi connectivity index (χ0n) is 15.0. The molecule has 0 atom stereocenters. The predicted molar refractivity (Wildman–Crippen MR) is 108 cm³/mol. The molecule has 0 radical (unpaired) electrons. The van der Waals surface area contributed by atoms with Crippen LogP contribution in [0.1, 0.15) is 11.1 Å². The Bertz CT molecular complexity index is 1000. The van der Waals surface area contributed by atoms with Crippen LogP contribution in [-0.2, 0) is 11.2 Å². The van der Waals surface area contributed by atoms with Crippen LogP contribution in [0.5, 0.6) is 11.5 Å². The highest BCUT2D eigenvalue weighted by molar-refractivity contribution is 6.31. The van der Waals surface area contributed by atoms with Crippen LogP contribution >= 0.6 is 11.6 Å². The summed E-state index contributed by atoms with van der Waals surface area (Å²) in [6, 6.07) is 16.9. The fraction of sp³-hybridized carbons (Fsp3) is 0.143. The summed E-state index contributed by atoms with van der Waals surface area (Å²) in [5.41, 5.74) is 4.01. The zero-order chi connectivity index (χ0) is 19.2. The Kier molecular flexibility index (Phi) is 5.94. The number of benzene rings is 3. The number of rotatable bonds is 6. The number of amides is 1. The zero-order valence-corrected chi connectivity index (χ0v) is 15.8. The third-order valence-electron chi connectivity index (χ3n) is 4.14. The van der Waals surface area contributed by atoms with Gasteiger partial charge in [0.15, 0.2) is 0 Å². The monoisotopic (exact) mass is 382 g/mol. The molecule has 0 aliphatic carbocycles. The molecule has 3 aromatic carbocycles. The van der Waals surface area contributed by atoms with E-state index < -0.39 is 0 Å². The van der Waals surface area contributed by atoms with Gasteiger partial charge in [-0.1, -0.05) is 41.9 Å². The number of nitrogens with one attached hydrogen (secondary N) is 1. The van der Waals surface area contributed by atoms with E-state index in [1.165, 1.54) is 0 Å². The van der Waals surface area contributed by atoms with Gasteiger partial charge in [-0.3, -0.25) is 4.79 Å². The number of carbonyl (C=O) groups is 1. The first-order valence-corrected chi connectivity index (χ1v) is 8.70. The highest BCUT2D eigenvalue weighted by atomic mass is 35.5. The van der Waals surface area contributed by atoms with E-state index in [0.717, 1.165) is 16.3 Å². The average molecular weight is 383 g/mol. The van der Waals surface area contributed by atoms with E-state index in [1.54, 1.807) is 38.6 Å². The van der Waals surface area contributed by atoms with Crippen molar-refractivity contribution in [1.82, 2.24) is 5.43 Å². The molecule has 0 aliphatic rings. The summed E-state index contributed by atoms with van der Waals surface area (Å²) in [5.74, 6) is 1.05. The third-order valence-corrected chi connectivity index (χ3v) is 4.51. The van der Waals surface area contributed by atoms with Gasteiger partial charge in [-0.05, 0) is 40.6 Å². The molecule has 6 heteroatoms. The summed E-state index contributed by atoms with van der Waals surface area (Å²) in [6.45, 7) is 0. The molecule has 0 saturated heterocycles. The summed E-state index contributed by atoms with van der Waals surface area (Å²) in [7, 11) is 3.17. The van der Waals surface area contributed by atoms with Crippen LogP contribution in [0.3, 0.4) is 0 Å². The van der Waals surface area contributed by atoms with Crippen molar-refractivity contribution in [2.24, 2.45) is 5.10 Å². The Morgan fingerprint density at radius 3 is 2.70 bits per heavy atom. The van der Waals surface area contributed by atoms with Crippen LogP contribution in [0.15, 0.2) is 59.7 Å². The number of nitrogens with zero attached hydrogens (tertiary/aromatic N) is 1. The highest BCUT2D eigenvalue weighted by Gasteiger charge is 2.09. The molecular weight excluding hydrogens is 364 g/mol. The van der Waals surface area contributed by atoms with Gasteiger partial charge in [0, 0.05) is 10.6 Å². The molecule has 0 spiro atoms. The molecule has 0 unspecified atom stereocenters. The number of hydrogen-bond acceptors (Lipinski definition) is 4. The number of methoxy groups -OCH3 is 2. The van der Waals surface area contributed by atoms with Gasteiger partial charge < -0.3 is 9.47 Å². The summed E-state index contributed by atoms with van der Waals surface area (Å²) >= 11 is 6.14. The standard InChI is InChI=1S/C21H19ClN2O3/c1-26-16-8-9-19(22)15(11-16)12-21(25)24-23-13-18-17-6-4-3-5-14(17)7-10-20(18)27-2/h3-11,13H,12H2,1-2H3,(H,24,25)/b23-13+. The van der Waals surface area contributed by atoms with Gasteiger partial charge in [0.05, 0.1) is 26.9 Å². The molecular formula is C21H19ClN2O3. The minimum absolute atomic E-state index is 0.0973. The Morgan fingerprint density at radius 1 is 1.11 bits per heavy atom. The van der Waals surface area contributed by atoms with Crippen LogP contribution in [0.2, 0.25) is 5.02 Å². The molecule has 3 aromatic rings. The van der Waals surface area contributed by atoms with Crippen molar-refractivity contribution in [1.29, 1.82) is 0 Å². The van der Waals surface area contributed by atoms with Crippen LogP contribution in [0, 0.1) is 0 Å². The second kappa shape index (κ2) is 8.56. The molecule has 0 aliphatic heterocycles. The lowest BCUT2D eigenvalue weighted by Crippen LogP contribution is -2.20. The van der Waals surface area contributed by atoms with E-state index in [-0.39, 0.29) is 12.3 Å². The quantitative estimate of drug-likeness (QED) is 0.513.